The van der Waals surface area contributed by atoms with Crippen LogP contribution in [0.4, 0.5) is 22.2 Å². The van der Waals surface area contributed by atoms with Crippen molar-refractivity contribution in [2.75, 3.05) is 23.7 Å². The van der Waals surface area contributed by atoms with E-state index in [0.717, 1.165) is 36.8 Å². The number of amides is 1. The number of nitrogens with two attached hydrogens (primary N) is 1. The van der Waals surface area contributed by atoms with Gasteiger partial charge in [-0.2, -0.15) is 9.97 Å². The topological polar surface area (TPSA) is 166 Å². The van der Waals surface area contributed by atoms with Crippen molar-refractivity contribution in [3.05, 3.63) is 40.7 Å². The molecule has 0 spiro atoms. The number of ether oxygens (including phenoxy) is 1. The molecule has 1 aromatic carbocycles. The van der Waals surface area contributed by atoms with Crippen LogP contribution in [0, 0.1) is 10.1 Å². The Hall–Kier alpha value is -4.00. The maximum Gasteiger partial charge on any atom is 0.415 e. The van der Waals surface area contributed by atoms with E-state index >= 15 is 0 Å². The van der Waals surface area contributed by atoms with E-state index in [1.165, 1.54) is 24.3 Å². The first-order valence-corrected chi connectivity index (χ1v) is 13.5. The summed E-state index contributed by atoms with van der Waals surface area (Å²) in [5.74, 6) is 1.54. The molecule has 1 amide bonds. The summed E-state index contributed by atoms with van der Waals surface area (Å²) in [6.07, 6.45) is 6.69. The van der Waals surface area contributed by atoms with Gasteiger partial charge in [-0.15, -0.1) is 0 Å². The highest BCUT2D eigenvalue weighted by Gasteiger charge is 2.27. The maximum absolute atomic E-state index is 12.6. The standard InChI is InChI=1S/C26H35N9O4/c1-16(2)34-15-28-22-23(31-25(32-24(22)34)30-18-5-3-17(27)4-6-18)29-19-11-13-33(14-12-19)26(36)39-21-9-7-20(8-10-21)35(37)38/h7-10,15-19H,3-6,11-14,27H2,1-2H3,(H2,29,30,31,32)/t17-,18-. The number of nitro groups is 1. The van der Waals surface area contributed by atoms with Gasteiger partial charge in [-0.05, 0) is 64.5 Å². The predicted octanol–water partition coefficient (Wildman–Crippen LogP) is 4.07. The SMILES string of the molecule is CC(C)n1cnc2c(NC3CCN(C(=O)Oc4ccc([N+](=O)[O-])cc4)CC3)nc(N[C@H]3CC[C@H](N)CC3)nc21. The average molecular weight is 538 g/mol. The van der Waals surface area contributed by atoms with E-state index in [1.807, 2.05) is 4.57 Å². The zero-order valence-electron chi connectivity index (χ0n) is 22.2. The first-order valence-electron chi connectivity index (χ1n) is 13.5. The molecule has 2 aliphatic rings. The Morgan fingerprint density at radius 2 is 1.72 bits per heavy atom. The number of hydrogen-bond donors (Lipinski definition) is 3. The van der Waals surface area contributed by atoms with Gasteiger partial charge < -0.3 is 30.6 Å². The summed E-state index contributed by atoms with van der Waals surface area (Å²) in [5, 5.41) is 17.9. The van der Waals surface area contributed by atoms with E-state index in [9.17, 15) is 14.9 Å². The number of nitrogens with one attached hydrogen (secondary N) is 2. The van der Waals surface area contributed by atoms with Gasteiger partial charge in [-0.25, -0.2) is 9.78 Å². The number of piperidine rings is 1. The highest BCUT2D eigenvalue weighted by atomic mass is 16.6. The van der Waals surface area contributed by atoms with Crippen molar-refractivity contribution in [1.82, 2.24) is 24.4 Å². The minimum absolute atomic E-state index is 0.0555. The monoisotopic (exact) mass is 537 g/mol. The first kappa shape index (κ1) is 26.6. The van der Waals surface area contributed by atoms with Gasteiger partial charge in [-0.1, -0.05) is 0 Å². The first-order chi connectivity index (χ1) is 18.8. The minimum Gasteiger partial charge on any atom is -0.410 e. The summed E-state index contributed by atoms with van der Waals surface area (Å²) in [4.78, 5) is 38.9. The Bertz CT molecular complexity index is 1310. The van der Waals surface area contributed by atoms with Crippen LogP contribution in [-0.4, -0.2) is 66.7 Å². The normalized spacial score (nSPS) is 20.3. The lowest BCUT2D eigenvalue weighted by Gasteiger charge is -2.32. The Kier molecular flexibility index (Phi) is 7.77. The van der Waals surface area contributed by atoms with E-state index < -0.39 is 11.0 Å². The maximum atomic E-state index is 12.6. The quantitative estimate of drug-likeness (QED) is 0.295. The van der Waals surface area contributed by atoms with E-state index in [4.69, 9.17) is 20.4 Å². The van der Waals surface area contributed by atoms with Crippen LogP contribution in [0.2, 0.25) is 0 Å². The molecule has 13 heteroatoms. The Labute approximate surface area is 226 Å². The van der Waals surface area contributed by atoms with E-state index in [-0.39, 0.29) is 35.6 Å². The van der Waals surface area contributed by atoms with E-state index in [1.54, 1.807) is 11.2 Å². The third-order valence-corrected chi connectivity index (χ3v) is 7.43. The third kappa shape index (κ3) is 6.19. The van der Waals surface area contributed by atoms with Crippen LogP contribution in [0.5, 0.6) is 5.75 Å². The van der Waals surface area contributed by atoms with Crippen molar-refractivity contribution in [1.29, 1.82) is 0 Å². The number of anilines is 2. The molecule has 2 fully saturated rings. The van der Waals surface area contributed by atoms with Crippen LogP contribution in [0.3, 0.4) is 0 Å². The highest BCUT2D eigenvalue weighted by molar-refractivity contribution is 5.84. The van der Waals surface area contributed by atoms with Gasteiger partial charge in [-0.3, -0.25) is 10.1 Å². The van der Waals surface area contributed by atoms with Gasteiger partial charge in [0.05, 0.1) is 11.3 Å². The molecule has 0 bridgehead atoms. The second-order valence-electron chi connectivity index (χ2n) is 10.6. The molecule has 0 atom stereocenters. The van der Waals surface area contributed by atoms with Crippen LogP contribution >= 0.6 is 0 Å². The number of likely N-dealkylation sites (tertiary alicyclic amines) is 1. The summed E-state index contributed by atoms with van der Waals surface area (Å²) in [7, 11) is 0. The van der Waals surface area contributed by atoms with Crippen molar-refractivity contribution >= 4 is 34.7 Å². The van der Waals surface area contributed by atoms with Crippen LogP contribution in [0.15, 0.2) is 30.6 Å². The third-order valence-electron chi connectivity index (χ3n) is 7.43. The smallest absolute Gasteiger partial charge is 0.410 e. The molecule has 1 saturated carbocycles. The summed E-state index contributed by atoms with van der Waals surface area (Å²) in [6, 6.07) is 6.32. The molecular weight excluding hydrogens is 502 g/mol. The zero-order chi connectivity index (χ0) is 27.5. The number of carbonyl (C=O) groups excluding carboxylic acids is 1. The molecule has 5 rings (SSSR count). The van der Waals surface area contributed by atoms with Gasteiger partial charge in [0.2, 0.25) is 5.95 Å². The number of nitrogens with zero attached hydrogens (tertiary/aromatic N) is 6. The van der Waals surface area contributed by atoms with Crippen molar-refractivity contribution in [2.45, 2.75) is 76.5 Å². The van der Waals surface area contributed by atoms with Crippen LogP contribution < -0.4 is 21.1 Å². The summed E-state index contributed by atoms with van der Waals surface area (Å²) >= 11 is 0. The summed E-state index contributed by atoms with van der Waals surface area (Å²) < 4.78 is 7.46. The lowest BCUT2D eigenvalue weighted by atomic mass is 9.92. The number of rotatable bonds is 7. The van der Waals surface area contributed by atoms with Gasteiger partial charge in [0, 0.05) is 49.4 Å². The minimum atomic E-state index is -0.493. The lowest BCUT2D eigenvalue weighted by Crippen LogP contribution is -2.43. The number of aromatic nitrogens is 4. The van der Waals surface area contributed by atoms with Crippen LogP contribution in [0.25, 0.3) is 11.2 Å². The van der Waals surface area contributed by atoms with E-state index in [0.29, 0.717) is 37.7 Å². The molecule has 0 unspecified atom stereocenters. The number of fused-ring (bicyclic) bond motifs is 1. The Morgan fingerprint density at radius 3 is 2.36 bits per heavy atom. The molecule has 39 heavy (non-hydrogen) atoms. The largest absolute Gasteiger partial charge is 0.415 e. The zero-order valence-corrected chi connectivity index (χ0v) is 22.2. The molecule has 1 aliphatic heterocycles. The molecule has 2 aromatic heterocycles. The van der Waals surface area contributed by atoms with Gasteiger partial charge in [0.1, 0.15) is 5.75 Å². The number of benzene rings is 1. The molecule has 3 aromatic rings. The Morgan fingerprint density at radius 1 is 1.05 bits per heavy atom. The van der Waals surface area contributed by atoms with E-state index in [2.05, 4.69) is 29.5 Å². The predicted molar refractivity (Wildman–Crippen MR) is 147 cm³/mol. The molecule has 1 aliphatic carbocycles. The second kappa shape index (κ2) is 11.4. The summed E-state index contributed by atoms with van der Waals surface area (Å²) in [6.45, 7) is 5.20. The number of carbonyl (C=O) groups is 1. The number of non-ortho nitro benzene ring substituents is 1. The fourth-order valence-electron chi connectivity index (χ4n) is 5.11. The van der Waals surface area contributed by atoms with Crippen molar-refractivity contribution in [3.63, 3.8) is 0 Å². The van der Waals surface area contributed by atoms with Crippen LogP contribution in [-0.2, 0) is 0 Å². The van der Waals surface area contributed by atoms with Gasteiger partial charge >= 0.3 is 6.09 Å². The van der Waals surface area contributed by atoms with Crippen LogP contribution in [0.1, 0.15) is 58.4 Å². The molecule has 0 radical (unpaired) electrons. The lowest BCUT2D eigenvalue weighted by molar-refractivity contribution is -0.384. The molecule has 4 N–H and O–H groups in total. The van der Waals surface area contributed by atoms with Crippen molar-refractivity contribution in [2.24, 2.45) is 5.73 Å². The fourth-order valence-corrected chi connectivity index (χ4v) is 5.11. The van der Waals surface area contributed by atoms with Gasteiger partial charge in [0.25, 0.3) is 5.69 Å². The number of nitro benzene ring substituents is 1. The average Bonchev–Trinajstić information content (AvgIpc) is 3.35. The molecule has 208 valence electrons. The molecule has 13 nitrogen and oxygen atoms in total. The number of imidazole rings is 1. The molecule has 1 saturated heterocycles. The summed E-state index contributed by atoms with van der Waals surface area (Å²) in [5.41, 5.74) is 7.53. The number of hydrogen-bond acceptors (Lipinski definition) is 10. The molecular formula is C26H35N9O4. The highest BCUT2D eigenvalue weighted by Crippen LogP contribution is 2.28. The molecule has 3 heterocycles. The van der Waals surface area contributed by atoms with Crippen molar-refractivity contribution < 1.29 is 14.5 Å². The van der Waals surface area contributed by atoms with Crippen molar-refractivity contribution in [3.8, 4) is 5.75 Å². The fraction of sp³-hybridized carbons (Fsp3) is 0.538. The second-order valence-corrected chi connectivity index (χ2v) is 10.6. The Balaban J connectivity index is 1.24. The van der Waals surface area contributed by atoms with Gasteiger partial charge in [0.15, 0.2) is 17.0 Å².